The van der Waals surface area contributed by atoms with Gasteiger partial charge in [-0.2, -0.15) is 0 Å². The highest BCUT2D eigenvalue weighted by Crippen LogP contribution is 2.20. The van der Waals surface area contributed by atoms with E-state index in [-0.39, 0.29) is 11.3 Å². The van der Waals surface area contributed by atoms with Gasteiger partial charge in [0.25, 0.3) is 5.91 Å². The van der Waals surface area contributed by atoms with Crippen molar-refractivity contribution in [1.82, 2.24) is 9.88 Å². The second kappa shape index (κ2) is 6.09. The lowest BCUT2D eigenvalue weighted by Gasteiger charge is -2.06. The first-order chi connectivity index (χ1) is 11.0. The molecule has 3 rings (SSSR count). The summed E-state index contributed by atoms with van der Waals surface area (Å²) in [4.78, 5) is 12.2. The van der Waals surface area contributed by atoms with E-state index in [4.69, 9.17) is 4.42 Å². The number of amides is 1. The van der Waals surface area contributed by atoms with E-state index in [0.717, 1.165) is 11.1 Å². The zero-order valence-corrected chi connectivity index (χ0v) is 12.6. The Bertz CT molecular complexity index is 899. The SMILES string of the molecule is O=C(NS(=O)(=O)Cc1ccon1)c1cccc(-c2ccoc2)c1. The number of carbonyl (C=O) groups excluding carboxylic acids is 1. The minimum Gasteiger partial charge on any atom is -0.472 e. The average Bonchev–Trinajstić information content (AvgIpc) is 3.19. The molecule has 0 bridgehead atoms. The minimum absolute atomic E-state index is 0.220. The van der Waals surface area contributed by atoms with Gasteiger partial charge in [0.05, 0.1) is 12.5 Å². The lowest BCUT2D eigenvalue weighted by atomic mass is 10.1. The molecule has 0 aliphatic rings. The van der Waals surface area contributed by atoms with Crippen LogP contribution < -0.4 is 4.72 Å². The van der Waals surface area contributed by atoms with Crippen molar-refractivity contribution >= 4 is 15.9 Å². The molecule has 1 amide bonds. The van der Waals surface area contributed by atoms with Gasteiger partial charge in [-0.1, -0.05) is 17.3 Å². The molecule has 0 atom stereocenters. The minimum atomic E-state index is -3.86. The molecule has 0 aliphatic heterocycles. The molecule has 0 saturated heterocycles. The van der Waals surface area contributed by atoms with Crippen molar-refractivity contribution < 1.29 is 22.2 Å². The van der Waals surface area contributed by atoms with Crippen LogP contribution in [0, 0.1) is 0 Å². The van der Waals surface area contributed by atoms with Gasteiger partial charge in [-0.25, -0.2) is 13.1 Å². The summed E-state index contributed by atoms with van der Waals surface area (Å²) in [7, 11) is -3.86. The first kappa shape index (κ1) is 15.0. The van der Waals surface area contributed by atoms with E-state index >= 15 is 0 Å². The number of sulfonamides is 1. The molecule has 3 aromatic rings. The van der Waals surface area contributed by atoms with Crippen LogP contribution in [0.3, 0.4) is 0 Å². The number of aromatic nitrogens is 1. The Morgan fingerprint density at radius 2 is 2.00 bits per heavy atom. The predicted octanol–water partition coefficient (Wildman–Crippen LogP) is 2.19. The fourth-order valence-corrected chi connectivity index (χ4v) is 3.02. The van der Waals surface area contributed by atoms with Crippen molar-refractivity contribution in [2.75, 3.05) is 0 Å². The summed E-state index contributed by atoms with van der Waals surface area (Å²) in [5, 5.41) is 3.51. The largest absolute Gasteiger partial charge is 0.472 e. The monoisotopic (exact) mass is 332 g/mol. The van der Waals surface area contributed by atoms with Gasteiger partial charge in [-0.05, 0) is 23.8 Å². The number of hydrogen-bond acceptors (Lipinski definition) is 6. The molecule has 0 fully saturated rings. The molecule has 0 spiro atoms. The van der Waals surface area contributed by atoms with E-state index in [1.54, 1.807) is 30.5 Å². The van der Waals surface area contributed by atoms with E-state index in [1.165, 1.54) is 24.7 Å². The van der Waals surface area contributed by atoms with Crippen LogP contribution in [-0.2, 0) is 15.8 Å². The van der Waals surface area contributed by atoms with Crippen LogP contribution >= 0.6 is 0 Å². The molecule has 0 saturated carbocycles. The predicted molar refractivity (Wildman–Crippen MR) is 80.7 cm³/mol. The standard InChI is InChI=1S/C15H12N2O5S/c18-15(17-23(19,20)10-14-5-7-22-16-14)12-3-1-2-11(8-12)13-4-6-21-9-13/h1-9H,10H2,(H,17,18). The molecule has 1 N–H and O–H groups in total. The van der Waals surface area contributed by atoms with Crippen molar-refractivity contribution in [3.05, 3.63) is 66.4 Å². The highest BCUT2D eigenvalue weighted by Gasteiger charge is 2.18. The average molecular weight is 332 g/mol. The normalized spacial score (nSPS) is 11.3. The molecule has 2 heterocycles. The third kappa shape index (κ3) is 3.67. The molecular weight excluding hydrogens is 320 g/mol. The highest BCUT2D eigenvalue weighted by atomic mass is 32.2. The summed E-state index contributed by atoms with van der Waals surface area (Å²) in [5.74, 6) is -1.14. The van der Waals surface area contributed by atoms with Crippen molar-refractivity contribution in [2.45, 2.75) is 5.75 Å². The Balaban J connectivity index is 1.77. The maximum Gasteiger partial charge on any atom is 0.264 e. The molecular formula is C15H12N2O5S. The molecule has 0 radical (unpaired) electrons. The van der Waals surface area contributed by atoms with Crippen LogP contribution in [0.5, 0.6) is 0 Å². The quantitative estimate of drug-likeness (QED) is 0.768. The lowest BCUT2D eigenvalue weighted by Crippen LogP contribution is -2.31. The van der Waals surface area contributed by atoms with Crippen LogP contribution in [0.4, 0.5) is 0 Å². The van der Waals surface area contributed by atoms with Crippen molar-refractivity contribution in [1.29, 1.82) is 0 Å². The Morgan fingerprint density at radius 3 is 2.70 bits per heavy atom. The molecule has 2 aromatic heterocycles. The first-order valence-electron chi connectivity index (χ1n) is 6.60. The molecule has 0 unspecified atom stereocenters. The van der Waals surface area contributed by atoms with E-state index in [2.05, 4.69) is 9.68 Å². The second-order valence-corrected chi connectivity index (χ2v) is 6.50. The van der Waals surface area contributed by atoms with Gasteiger partial charge in [0.2, 0.25) is 10.0 Å². The van der Waals surface area contributed by atoms with E-state index < -0.39 is 21.7 Å². The van der Waals surface area contributed by atoms with Gasteiger partial charge >= 0.3 is 0 Å². The summed E-state index contributed by atoms with van der Waals surface area (Å²) in [6.07, 6.45) is 4.32. The number of furan rings is 1. The van der Waals surface area contributed by atoms with Crippen molar-refractivity contribution in [3.8, 4) is 11.1 Å². The number of carbonyl (C=O) groups is 1. The summed E-state index contributed by atoms with van der Waals surface area (Å²) in [6, 6.07) is 9.75. The fourth-order valence-electron chi connectivity index (χ4n) is 2.01. The molecule has 1 aromatic carbocycles. The maximum atomic E-state index is 12.2. The lowest BCUT2D eigenvalue weighted by molar-refractivity contribution is 0.0981. The molecule has 7 nitrogen and oxygen atoms in total. The van der Waals surface area contributed by atoms with Crippen LogP contribution in [0.25, 0.3) is 11.1 Å². The van der Waals surface area contributed by atoms with Gasteiger partial charge in [-0.15, -0.1) is 0 Å². The van der Waals surface area contributed by atoms with Crippen LogP contribution in [-0.4, -0.2) is 19.5 Å². The Labute approximate surface area is 132 Å². The zero-order chi connectivity index (χ0) is 16.3. The second-order valence-electron chi connectivity index (χ2n) is 4.77. The van der Waals surface area contributed by atoms with Gasteiger partial charge in [0, 0.05) is 17.2 Å². The molecule has 0 aliphatic carbocycles. The van der Waals surface area contributed by atoms with Crippen LogP contribution in [0.2, 0.25) is 0 Å². The molecule has 118 valence electrons. The third-order valence-electron chi connectivity index (χ3n) is 3.06. The Kier molecular flexibility index (Phi) is 3.98. The van der Waals surface area contributed by atoms with Gasteiger partial charge in [-0.3, -0.25) is 4.79 Å². The van der Waals surface area contributed by atoms with Gasteiger partial charge < -0.3 is 8.94 Å². The number of benzene rings is 1. The topological polar surface area (TPSA) is 102 Å². The number of hydrogen-bond donors (Lipinski definition) is 1. The number of nitrogens with one attached hydrogen (secondary N) is 1. The molecule has 8 heteroatoms. The molecule has 23 heavy (non-hydrogen) atoms. The maximum absolute atomic E-state index is 12.2. The third-order valence-corrected chi connectivity index (χ3v) is 4.23. The fraction of sp³-hybridized carbons (Fsp3) is 0.0667. The first-order valence-corrected chi connectivity index (χ1v) is 8.25. The van der Waals surface area contributed by atoms with Gasteiger partial charge in [0.1, 0.15) is 17.7 Å². The summed E-state index contributed by atoms with van der Waals surface area (Å²) in [5.41, 5.74) is 2.00. The summed E-state index contributed by atoms with van der Waals surface area (Å²) in [6.45, 7) is 0. The van der Waals surface area contributed by atoms with E-state index in [9.17, 15) is 13.2 Å². The Hall–Kier alpha value is -2.87. The van der Waals surface area contributed by atoms with Crippen LogP contribution in [0.1, 0.15) is 16.1 Å². The van der Waals surface area contributed by atoms with Crippen molar-refractivity contribution in [3.63, 3.8) is 0 Å². The smallest absolute Gasteiger partial charge is 0.264 e. The van der Waals surface area contributed by atoms with Crippen molar-refractivity contribution in [2.24, 2.45) is 0 Å². The summed E-state index contributed by atoms with van der Waals surface area (Å²) >= 11 is 0. The Morgan fingerprint density at radius 1 is 1.13 bits per heavy atom. The zero-order valence-electron chi connectivity index (χ0n) is 11.8. The number of rotatable bonds is 5. The van der Waals surface area contributed by atoms with Gasteiger partial charge in [0.15, 0.2) is 0 Å². The summed E-state index contributed by atoms with van der Waals surface area (Å²) < 4.78 is 35.5. The van der Waals surface area contributed by atoms with E-state index in [0.29, 0.717) is 0 Å². The highest BCUT2D eigenvalue weighted by molar-refractivity contribution is 7.89. The number of nitrogens with zero attached hydrogens (tertiary/aromatic N) is 1. The van der Waals surface area contributed by atoms with E-state index in [1.807, 2.05) is 4.72 Å². The van der Waals surface area contributed by atoms with Crippen LogP contribution in [0.15, 0.2) is 64.1 Å².